The number of nitrogens with zero attached hydrogens (tertiary/aromatic N) is 3. The molecule has 3 saturated heterocycles. The Morgan fingerprint density at radius 3 is 2.33 bits per heavy atom. The van der Waals surface area contributed by atoms with E-state index in [4.69, 9.17) is 9.47 Å². The molecule has 2 unspecified atom stereocenters. The SMILES string of the molecule is CC(C)(C)C(NC(=O)c1cc2cc(C(F)(F)P(=O)(O)O)ccc2s1)C(=O)N1C[C@@H](OCC(=O)NCCCCCCCCCC#Cc2ccc3c(c2)C(=O)N(C2CCC(=O)NC2=O)C3=O)C[C@H]1C(=O)N1CCO[C@H](c2ccccc2)C1. The van der Waals surface area contributed by atoms with E-state index in [0.717, 1.165) is 78.9 Å². The number of imide groups is 2. The van der Waals surface area contributed by atoms with Gasteiger partial charge in [-0.15, -0.1) is 11.3 Å². The van der Waals surface area contributed by atoms with E-state index in [0.29, 0.717) is 23.2 Å². The van der Waals surface area contributed by atoms with Gasteiger partial charge in [0.1, 0.15) is 30.8 Å². The average Bonchev–Trinajstić information content (AvgIpc) is 4.19. The molecule has 0 bridgehead atoms. The number of likely N-dealkylation sites (tertiary alicyclic amines) is 1. The number of nitrogens with one attached hydrogen (secondary N) is 3. The Kier molecular flexibility index (Phi) is 18.8. The molecule has 4 aromatic rings. The molecule has 8 amide bonds. The molecule has 1 aromatic heterocycles. The Morgan fingerprint density at radius 1 is 0.900 bits per heavy atom. The molecular weight excluding hydrogens is 1080 g/mol. The van der Waals surface area contributed by atoms with E-state index in [1.54, 1.807) is 43.9 Å². The lowest BCUT2D eigenvalue weighted by molar-refractivity contribution is -0.150. The van der Waals surface area contributed by atoms with Crippen molar-refractivity contribution in [3.63, 3.8) is 0 Å². The Labute approximate surface area is 465 Å². The van der Waals surface area contributed by atoms with Gasteiger partial charge in [-0.05, 0) is 72.0 Å². The summed E-state index contributed by atoms with van der Waals surface area (Å²) in [5.74, 6) is 2.00. The van der Waals surface area contributed by atoms with E-state index in [2.05, 4.69) is 27.8 Å². The van der Waals surface area contributed by atoms with Gasteiger partial charge in [0.25, 0.3) is 17.7 Å². The fourth-order valence-electron chi connectivity index (χ4n) is 10.3. The number of benzene rings is 3. The van der Waals surface area contributed by atoms with Crippen LogP contribution in [-0.4, -0.2) is 135 Å². The van der Waals surface area contributed by atoms with Gasteiger partial charge in [0.15, 0.2) is 0 Å². The van der Waals surface area contributed by atoms with Crippen LogP contribution >= 0.6 is 18.9 Å². The second kappa shape index (κ2) is 25.4. The van der Waals surface area contributed by atoms with Crippen molar-refractivity contribution in [1.82, 2.24) is 30.7 Å². The van der Waals surface area contributed by atoms with E-state index >= 15 is 0 Å². The molecule has 5 heterocycles. The second-order valence-corrected chi connectivity index (χ2v) is 24.3. The predicted octanol–water partition coefficient (Wildman–Crippen LogP) is 6.55. The maximum atomic E-state index is 14.8. The third kappa shape index (κ3) is 13.9. The number of hydrogen-bond acceptors (Lipinski definition) is 12. The fraction of sp³-hybridized carbons (Fsp3) is 0.474. The number of ether oxygens (including phenoxy) is 2. The first-order valence-corrected chi connectivity index (χ1v) is 29.2. The third-order valence-corrected chi connectivity index (χ3v) is 16.8. The summed E-state index contributed by atoms with van der Waals surface area (Å²) in [6.45, 7) is 6.04. The Morgan fingerprint density at radius 2 is 1.61 bits per heavy atom. The highest BCUT2D eigenvalue weighted by Gasteiger charge is 2.51. The van der Waals surface area contributed by atoms with Crippen LogP contribution in [0, 0.1) is 17.3 Å². The van der Waals surface area contributed by atoms with Crippen LogP contribution in [0.25, 0.3) is 10.1 Å². The van der Waals surface area contributed by atoms with Crippen LogP contribution in [0.4, 0.5) is 8.78 Å². The molecule has 4 aliphatic heterocycles. The molecule has 3 aromatic carbocycles. The first-order valence-electron chi connectivity index (χ1n) is 26.8. The van der Waals surface area contributed by atoms with Crippen LogP contribution in [0.15, 0.2) is 72.8 Å². The highest BCUT2D eigenvalue weighted by atomic mass is 32.1. The molecule has 5 N–H and O–H groups in total. The molecule has 19 nitrogen and oxygen atoms in total. The van der Waals surface area contributed by atoms with Crippen molar-refractivity contribution in [2.75, 3.05) is 39.4 Å². The topological polar surface area (TPSA) is 258 Å². The number of rotatable bonds is 20. The minimum Gasteiger partial charge on any atom is -0.370 e. The number of halogens is 2. The third-order valence-electron chi connectivity index (χ3n) is 14.6. The van der Waals surface area contributed by atoms with E-state index < -0.39 is 90.0 Å². The number of amides is 8. The minimum atomic E-state index is -5.85. The summed E-state index contributed by atoms with van der Waals surface area (Å²) in [7, 11) is -5.85. The van der Waals surface area contributed by atoms with Crippen molar-refractivity contribution in [2.45, 2.75) is 127 Å². The molecule has 5 atom stereocenters. The highest BCUT2D eigenvalue weighted by Crippen LogP contribution is 2.59. The average molecular weight is 1140 g/mol. The van der Waals surface area contributed by atoms with Crippen molar-refractivity contribution >= 4 is 76.3 Å². The number of carbonyl (C=O) groups is 8. The molecule has 23 heteroatoms. The number of alkyl halides is 2. The number of piperidine rings is 1. The van der Waals surface area contributed by atoms with E-state index in [1.807, 2.05) is 30.3 Å². The second-order valence-electron chi connectivity index (χ2n) is 21.5. The van der Waals surface area contributed by atoms with E-state index in [-0.39, 0.29) is 85.3 Å². The lowest BCUT2D eigenvalue weighted by Crippen LogP contribution is -2.58. The van der Waals surface area contributed by atoms with Crippen molar-refractivity contribution in [3.05, 3.63) is 105 Å². The van der Waals surface area contributed by atoms with Crippen LogP contribution in [0.3, 0.4) is 0 Å². The van der Waals surface area contributed by atoms with Crippen LogP contribution < -0.4 is 16.0 Å². The van der Waals surface area contributed by atoms with Gasteiger partial charge in [-0.3, -0.25) is 53.1 Å². The molecule has 426 valence electrons. The maximum absolute atomic E-state index is 14.8. The van der Waals surface area contributed by atoms with E-state index in [9.17, 15) is 61.5 Å². The lowest BCUT2D eigenvalue weighted by Gasteiger charge is -2.38. The van der Waals surface area contributed by atoms with Gasteiger partial charge in [-0.25, -0.2) is 0 Å². The monoisotopic (exact) mass is 1140 g/mol. The van der Waals surface area contributed by atoms with Crippen LogP contribution in [0.5, 0.6) is 0 Å². The number of morpholine rings is 1. The Bertz CT molecular complexity index is 3150. The zero-order chi connectivity index (χ0) is 57.5. The molecule has 0 radical (unpaired) electrons. The first kappa shape index (κ1) is 59.4. The zero-order valence-electron chi connectivity index (χ0n) is 44.7. The van der Waals surface area contributed by atoms with Gasteiger partial charge < -0.3 is 39.7 Å². The number of fused-ring (bicyclic) bond motifs is 2. The number of hydrogen-bond donors (Lipinski definition) is 5. The summed E-state index contributed by atoms with van der Waals surface area (Å²) in [6.07, 6.45) is 6.19. The largest absolute Gasteiger partial charge is 0.399 e. The molecule has 4 aliphatic rings. The predicted molar refractivity (Wildman–Crippen MR) is 290 cm³/mol. The molecule has 0 spiro atoms. The van der Waals surface area contributed by atoms with Crippen molar-refractivity contribution < 1.29 is 71.0 Å². The molecule has 8 rings (SSSR count). The van der Waals surface area contributed by atoms with Gasteiger partial charge in [0, 0.05) is 54.7 Å². The smallest absolute Gasteiger partial charge is 0.370 e. The van der Waals surface area contributed by atoms with E-state index in [1.165, 1.54) is 17.0 Å². The van der Waals surface area contributed by atoms with Gasteiger partial charge in [-0.2, -0.15) is 8.78 Å². The number of unbranched alkanes of at least 4 members (excludes halogenated alkanes) is 7. The van der Waals surface area contributed by atoms with Crippen molar-refractivity contribution in [2.24, 2.45) is 5.41 Å². The standard InChI is InChI=1S/C57H65F2N6O13PS/c1-56(2,3)49(62-51(69)46-30-37-29-38(20-23-45(37)80-46)57(58,59)79(74,75)76)55(73)64-32-39(31-43(64)54(72)63-26-27-77-44(33-63)36-17-13-11-14-18-36)78-34-48(67)60-25-15-10-8-6-4-5-7-9-12-16-35-19-21-40-41(28-35)53(71)65(52(40)70)42-22-24-47(66)61-50(42)68/h11,13-14,17-21,23,28-30,39,42-44,49H,4-10,15,22,24-27,31-34H2,1-3H3,(H,60,67)(H,62,69)(H,61,66,68)(H2,74,75,76)/t39-,42?,43-,44-,49?/m0/s1. The van der Waals surface area contributed by atoms with Gasteiger partial charge in [0.05, 0.1) is 35.3 Å². The summed E-state index contributed by atoms with van der Waals surface area (Å²) >= 11 is 0.945. The number of thiophene rings is 1. The van der Waals surface area contributed by atoms with Crippen molar-refractivity contribution in [3.8, 4) is 11.8 Å². The van der Waals surface area contributed by atoms with Crippen molar-refractivity contribution in [1.29, 1.82) is 0 Å². The molecule has 0 saturated carbocycles. The maximum Gasteiger partial charge on any atom is 0.399 e. The summed E-state index contributed by atoms with van der Waals surface area (Å²) in [6, 6.07) is 15.3. The first-order chi connectivity index (χ1) is 38.0. The Balaban J connectivity index is 0.796. The summed E-state index contributed by atoms with van der Waals surface area (Å²) < 4.78 is 53.2. The Hall–Kier alpha value is -6.73. The quantitative estimate of drug-likeness (QED) is 0.0273. The lowest BCUT2D eigenvalue weighted by atomic mass is 9.85. The molecule has 0 aliphatic carbocycles. The molecule has 80 heavy (non-hydrogen) atoms. The molecule has 3 fully saturated rings. The van der Waals surface area contributed by atoms with Gasteiger partial charge in [-0.1, -0.05) is 101 Å². The van der Waals surface area contributed by atoms with Crippen LogP contribution in [0.2, 0.25) is 0 Å². The fourth-order valence-corrected chi connectivity index (χ4v) is 11.7. The molecular formula is C57H65F2N6O13PS. The summed E-state index contributed by atoms with van der Waals surface area (Å²) in [4.78, 5) is 129. The van der Waals surface area contributed by atoms with Crippen LogP contribution in [-0.2, 0) is 43.7 Å². The highest BCUT2D eigenvalue weighted by molar-refractivity contribution is 7.52. The summed E-state index contributed by atoms with van der Waals surface area (Å²) in [5, 5.41) is 8.04. The normalized spacial score (nSPS) is 20.1. The zero-order valence-corrected chi connectivity index (χ0v) is 46.4. The van der Waals surface area contributed by atoms with Gasteiger partial charge in [0.2, 0.25) is 29.5 Å². The summed E-state index contributed by atoms with van der Waals surface area (Å²) in [5.41, 5.74) is -4.43. The number of carbonyl (C=O) groups excluding carboxylic acids is 8. The van der Waals surface area contributed by atoms with Gasteiger partial charge >= 0.3 is 13.3 Å². The minimum absolute atomic E-state index is 0.0441. The van der Waals surface area contributed by atoms with Crippen LogP contribution in [0.1, 0.15) is 145 Å².